The minimum absolute atomic E-state index is 0.00970. The van der Waals surface area contributed by atoms with Crippen molar-refractivity contribution in [1.29, 1.82) is 0 Å². The fraction of sp³-hybridized carbons (Fsp3) is 0.600. The normalized spacial score (nSPS) is 22.1. The molecule has 302 valence electrons. The average Bonchev–Trinajstić information content (AvgIpc) is 3.65. The van der Waals surface area contributed by atoms with E-state index in [1.165, 1.54) is 0 Å². The van der Waals surface area contributed by atoms with Gasteiger partial charge in [-0.25, -0.2) is 14.4 Å². The molecule has 3 aliphatic rings. The third kappa shape index (κ3) is 13.2. The summed E-state index contributed by atoms with van der Waals surface area (Å²) in [5.41, 5.74) is 1.78. The highest BCUT2D eigenvalue weighted by Crippen LogP contribution is 2.41. The Morgan fingerprint density at radius 2 is 1.76 bits per heavy atom. The molecule has 0 aromatic heterocycles. The number of amides is 3. The van der Waals surface area contributed by atoms with E-state index in [1.807, 2.05) is 24.3 Å². The third-order valence-electron chi connectivity index (χ3n) is 9.72. The lowest BCUT2D eigenvalue weighted by Gasteiger charge is -2.47. The maximum atomic E-state index is 13.2. The summed E-state index contributed by atoms with van der Waals surface area (Å²) in [5.74, 6) is -0.340. The number of fused-ring (bicyclic) bond motifs is 1. The number of carbonyl (C=O) groups is 4. The van der Waals surface area contributed by atoms with Crippen LogP contribution in [0.15, 0.2) is 42.5 Å². The maximum absolute atomic E-state index is 13.2. The SMILES string of the molecule is CCOC(=O)[C@H](CCC(C)C)NC(=O)CC[C@@H]1C[C@@H](OC(=O)NCc2cccc3c2OCO3)C[C@@]2(CCC[C@H](COC(=O)NCCc3ccc(Cl)cc3)O2)O1. The lowest BCUT2D eigenvalue weighted by Crippen LogP contribution is -2.54. The van der Waals surface area contributed by atoms with E-state index in [-0.39, 0.29) is 45.3 Å². The molecule has 15 heteroatoms. The fourth-order valence-corrected chi connectivity index (χ4v) is 7.11. The summed E-state index contributed by atoms with van der Waals surface area (Å²) in [6, 6.07) is 12.1. The Balaban J connectivity index is 1.18. The molecule has 3 N–H and O–H groups in total. The lowest BCUT2D eigenvalue weighted by molar-refractivity contribution is -0.329. The molecule has 5 rings (SSSR count). The van der Waals surface area contributed by atoms with Gasteiger partial charge in [0.25, 0.3) is 0 Å². The molecule has 5 atom stereocenters. The van der Waals surface area contributed by atoms with Crippen LogP contribution in [0.1, 0.15) is 89.7 Å². The van der Waals surface area contributed by atoms with Gasteiger partial charge in [-0.05, 0) is 75.1 Å². The predicted octanol–water partition coefficient (Wildman–Crippen LogP) is 6.34. The standard InChI is InChI=1S/C40H54ClN3O11/c1-4-49-37(46)33(16-10-26(2)3)44-35(45)17-15-30-21-32(53-39(48)43-23-28-7-5-9-34-36(28)52-25-51-34)22-40(54-30)19-6-8-31(55-40)24-50-38(47)42-20-18-27-11-13-29(41)14-12-27/h5,7,9,11-14,26,30-33H,4,6,8,10,15-25H2,1-3H3,(H,42,47)(H,43,48)(H,44,45)/t30-,31-,32-,33+,40+/m1/s1. The highest BCUT2D eigenvalue weighted by Gasteiger charge is 2.47. The van der Waals surface area contributed by atoms with Crippen LogP contribution in [-0.2, 0) is 46.2 Å². The van der Waals surface area contributed by atoms with Crippen molar-refractivity contribution in [3.8, 4) is 11.5 Å². The molecule has 0 bridgehead atoms. The number of halogens is 1. The zero-order valence-electron chi connectivity index (χ0n) is 31.9. The zero-order valence-corrected chi connectivity index (χ0v) is 32.7. The van der Waals surface area contributed by atoms with Crippen molar-refractivity contribution in [3.63, 3.8) is 0 Å². The Morgan fingerprint density at radius 1 is 0.964 bits per heavy atom. The van der Waals surface area contributed by atoms with Gasteiger partial charge in [0.15, 0.2) is 17.3 Å². The third-order valence-corrected chi connectivity index (χ3v) is 9.97. The summed E-state index contributed by atoms with van der Waals surface area (Å²) in [6.07, 6.45) is 1.93. The van der Waals surface area contributed by atoms with Crippen molar-refractivity contribution in [2.75, 3.05) is 26.6 Å². The van der Waals surface area contributed by atoms with Crippen molar-refractivity contribution < 1.29 is 52.3 Å². The number of carbonyl (C=O) groups excluding carboxylic acids is 4. The van der Waals surface area contributed by atoms with Crippen molar-refractivity contribution in [3.05, 3.63) is 58.6 Å². The van der Waals surface area contributed by atoms with E-state index in [1.54, 1.807) is 25.1 Å². The summed E-state index contributed by atoms with van der Waals surface area (Å²) in [7, 11) is 0. The van der Waals surface area contributed by atoms with Gasteiger partial charge in [0.2, 0.25) is 12.7 Å². The number of para-hydroxylation sites is 1. The number of benzene rings is 2. The van der Waals surface area contributed by atoms with E-state index >= 15 is 0 Å². The molecule has 14 nitrogen and oxygen atoms in total. The highest BCUT2D eigenvalue weighted by molar-refractivity contribution is 6.30. The minimum Gasteiger partial charge on any atom is -0.464 e. The maximum Gasteiger partial charge on any atom is 0.407 e. The highest BCUT2D eigenvalue weighted by atomic mass is 35.5. The number of nitrogens with one attached hydrogen (secondary N) is 3. The second kappa shape index (κ2) is 20.6. The van der Waals surface area contributed by atoms with E-state index in [9.17, 15) is 19.2 Å². The van der Waals surface area contributed by atoms with Crippen LogP contribution < -0.4 is 25.4 Å². The molecule has 0 unspecified atom stereocenters. The molecule has 3 aliphatic heterocycles. The molecule has 0 aliphatic carbocycles. The van der Waals surface area contributed by atoms with E-state index in [2.05, 4.69) is 29.8 Å². The van der Waals surface area contributed by atoms with Gasteiger partial charge in [-0.2, -0.15) is 0 Å². The zero-order chi connectivity index (χ0) is 39.2. The summed E-state index contributed by atoms with van der Waals surface area (Å²) in [6.45, 7) is 6.74. The second-order valence-corrected chi connectivity index (χ2v) is 15.0. The molecule has 2 aromatic carbocycles. The molecule has 2 saturated heterocycles. The summed E-state index contributed by atoms with van der Waals surface area (Å²) >= 11 is 5.96. The smallest absolute Gasteiger partial charge is 0.407 e. The average molecular weight is 788 g/mol. The molecule has 1 spiro atoms. The van der Waals surface area contributed by atoms with Crippen LogP contribution >= 0.6 is 11.6 Å². The molecular weight excluding hydrogens is 734 g/mol. The van der Waals surface area contributed by atoms with Crippen molar-refractivity contribution >= 4 is 35.7 Å². The predicted molar refractivity (Wildman–Crippen MR) is 202 cm³/mol. The molecule has 0 radical (unpaired) electrons. The quantitative estimate of drug-likeness (QED) is 0.121. The molecule has 0 saturated carbocycles. The first-order chi connectivity index (χ1) is 26.5. The largest absolute Gasteiger partial charge is 0.464 e. The topological polar surface area (TPSA) is 169 Å². The van der Waals surface area contributed by atoms with E-state index in [0.717, 1.165) is 24.0 Å². The summed E-state index contributed by atoms with van der Waals surface area (Å²) in [4.78, 5) is 51.5. The fourth-order valence-electron chi connectivity index (χ4n) is 6.99. The van der Waals surface area contributed by atoms with Crippen LogP contribution in [0, 0.1) is 5.92 Å². The Hall–Kier alpha value is -4.27. The lowest BCUT2D eigenvalue weighted by atomic mass is 9.90. The van der Waals surface area contributed by atoms with Gasteiger partial charge in [-0.1, -0.05) is 49.7 Å². The Kier molecular flexibility index (Phi) is 15.7. The summed E-state index contributed by atoms with van der Waals surface area (Å²) in [5, 5.41) is 9.07. The molecule has 3 amide bonds. The van der Waals surface area contributed by atoms with Gasteiger partial charge in [0, 0.05) is 49.4 Å². The van der Waals surface area contributed by atoms with Crippen molar-refractivity contribution in [2.45, 2.75) is 122 Å². The van der Waals surface area contributed by atoms with Gasteiger partial charge >= 0.3 is 18.2 Å². The van der Waals surface area contributed by atoms with Crippen molar-refractivity contribution in [1.82, 2.24) is 16.0 Å². The van der Waals surface area contributed by atoms with Gasteiger partial charge < -0.3 is 49.1 Å². The number of hydrogen-bond acceptors (Lipinski definition) is 11. The van der Waals surface area contributed by atoms with Crippen LogP contribution in [0.5, 0.6) is 11.5 Å². The number of ether oxygens (including phenoxy) is 7. The van der Waals surface area contributed by atoms with Gasteiger partial charge in [-0.3, -0.25) is 4.79 Å². The van der Waals surface area contributed by atoms with E-state index in [4.69, 9.17) is 44.8 Å². The first-order valence-corrected chi connectivity index (χ1v) is 19.7. The van der Waals surface area contributed by atoms with Gasteiger partial charge in [-0.15, -0.1) is 0 Å². The number of alkyl carbamates (subject to hydrolysis) is 2. The van der Waals surface area contributed by atoms with Gasteiger partial charge in [0.05, 0.1) is 18.8 Å². The minimum atomic E-state index is -1.13. The van der Waals surface area contributed by atoms with Crippen LogP contribution in [-0.4, -0.2) is 80.8 Å². The number of rotatable bonds is 17. The van der Waals surface area contributed by atoms with E-state index in [0.29, 0.717) is 67.5 Å². The van der Waals surface area contributed by atoms with Crippen LogP contribution in [0.25, 0.3) is 0 Å². The molecule has 55 heavy (non-hydrogen) atoms. The molecule has 3 heterocycles. The van der Waals surface area contributed by atoms with Crippen LogP contribution in [0.2, 0.25) is 5.02 Å². The first-order valence-electron chi connectivity index (χ1n) is 19.3. The Bertz CT molecular complexity index is 1590. The number of hydrogen-bond donors (Lipinski definition) is 3. The van der Waals surface area contributed by atoms with Crippen molar-refractivity contribution in [2.24, 2.45) is 5.92 Å². The van der Waals surface area contributed by atoms with Gasteiger partial charge in [0.1, 0.15) is 18.8 Å². The first kappa shape index (κ1) is 41.9. The van der Waals surface area contributed by atoms with Crippen LogP contribution in [0.3, 0.4) is 0 Å². The number of esters is 1. The van der Waals surface area contributed by atoms with E-state index < -0.39 is 48.3 Å². The molecule has 2 aromatic rings. The summed E-state index contributed by atoms with van der Waals surface area (Å²) < 4.78 is 40.8. The second-order valence-electron chi connectivity index (χ2n) is 14.5. The monoisotopic (exact) mass is 787 g/mol. The van der Waals surface area contributed by atoms with Crippen LogP contribution in [0.4, 0.5) is 9.59 Å². The molecular formula is C40H54ClN3O11. The Labute approximate surface area is 327 Å². The Morgan fingerprint density at radius 3 is 2.55 bits per heavy atom. The molecule has 2 fully saturated rings.